The number of aliphatic hydroxyl groups excluding tert-OH is 1. The highest BCUT2D eigenvalue weighted by atomic mass is 16.5. The molecule has 0 amide bonds. The number of aliphatic hydroxyl groups is 1. The number of rotatable bonds is 13. The van der Waals surface area contributed by atoms with Crippen molar-refractivity contribution in [1.82, 2.24) is 15.6 Å². The third kappa shape index (κ3) is 7.95. The Kier molecular flexibility index (Phi) is 9.92. The number of aromatic nitrogens is 1. The van der Waals surface area contributed by atoms with E-state index in [2.05, 4.69) is 15.6 Å². The lowest BCUT2D eigenvalue weighted by atomic mass is 9.93. The Morgan fingerprint density at radius 2 is 1.39 bits per heavy atom. The lowest BCUT2D eigenvalue weighted by Crippen LogP contribution is -2.35. The van der Waals surface area contributed by atoms with Gasteiger partial charge in [0.25, 0.3) is 0 Å². The molecule has 2 saturated carbocycles. The molecule has 2 aliphatic rings. The normalized spacial score (nSPS) is 20.6. The van der Waals surface area contributed by atoms with Gasteiger partial charge in [0.2, 0.25) is 5.89 Å². The number of benzene rings is 2. The van der Waals surface area contributed by atoms with Crippen LogP contribution in [0.25, 0.3) is 22.6 Å². The summed E-state index contributed by atoms with van der Waals surface area (Å²) in [4.78, 5) is 4.65. The SMILES string of the molecule is OC1CCC(NCCCOc2ccc(-c3nc4ccc(OCCCNC5CCCCC5)cc4o3)cc2)CC1. The second-order valence-corrected chi connectivity index (χ2v) is 10.8. The molecular weight excluding hydrogens is 478 g/mol. The van der Waals surface area contributed by atoms with Gasteiger partial charge < -0.3 is 29.6 Å². The molecular formula is C31H43N3O4. The van der Waals surface area contributed by atoms with E-state index in [1.807, 2.05) is 42.5 Å². The van der Waals surface area contributed by atoms with Gasteiger partial charge in [0.15, 0.2) is 5.58 Å². The fraction of sp³-hybridized carbons (Fsp3) is 0.581. The molecule has 2 fully saturated rings. The average Bonchev–Trinajstić information content (AvgIpc) is 3.38. The van der Waals surface area contributed by atoms with Gasteiger partial charge in [0.05, 0.1) is 19.3 Å². The third-order valence-corrected chi connectivity index (χ3v) is 7.81. The Bertz CT molecular complexity index is 1100. The van der Waals surface area contributed by atoms with Crippen LogP contribution in [0.2, 0.25) is 0 Å². The van der Waals surface area contributed by atoms with Gasteiger partial charge in [0, 0.05) is 23.7 Å². The van der Waals surface area contributed by atoms with Crippen molar-refractivity contribution in [2.75, 3.05) is 26.3 Å². The van der Waals surface area contributed by atoms with Crippen LogP contribution in [-0.2, 0) is 0 Å². The summed E-state index contributed by atoms with van der Waals surface area (Å²) in [5, 5.41) is 16.9. The highest BCUT2D eigenvalue weighted by molar-refractivity contribution is 5.77. The van der Waals surface area contributed by atoms with Gasteiger partial charge in [0.1, 0.15) is 17.0 Å². The van der Waals surface area contributed by atoms with Crippen molar-refractivity contribution in [2.45, 2.75) is 88.8 Å². The molecule has 7 nitrogen and oxygen atoms in total. The van der Waals surface area contributed by atoms with Crippen LogP contribution < -0.4 is 20.1 Å². The number of fused-ring (bicyclic) bond motifs is 1. The molecule has 7 heteroatoms. The van der Waals surface area contributed by atoms with Crippen LogP contribution >= 0.6 is 0 Å². The summed E-state index contributed by atoms with van der Waals surface area (Å²) in [7, 11) is 0. The van der Waals surface area contributed by atoms with Crippen molar-refractivity contribution in [3.8, 4) is 23.0 Å². The predicted octanol–water partition coefficient (Wildman–Crippen LogP) is 5.85. The monoisotopic (exact) mass is 521 g/mol. The Morgan fingerprint density at radius 3 is 2.11 bits per heavy atom. The van der Waals surface area contributed by atoms with E-state index < -0.39 is 0 Å². The number of oxazole rings is 1. The number of ether oxygens (including phenoxy) is 2. The Hall–Kier alpha value is -2.61. The van der Waals surface area contributed by atoms with E-state index in [-0.39, 0.29) is 6.10 Å². The van der Waals surface area contributed by atoms with Crippen molar-refractivity contribution < 1.29 is 19.0 Å². The molecule has 1 heterocycles. The summed E-state index contributed by atoms with van der Waals surface area (Å²) >= 11 is 0. The molecule has 1 aromatic heterocycles. The smallest absolute Gasteiger partial charge is 0.227 e. The number of nitrogens with zero attached hydrogens (tertiary/aromatic N) is 1. The summed E-state index contributed by atoms with van der Waals surface area (Å²) in [5.74, 6) is 2.26. The maximum Gasteiger partial charge on any atom is 0.227 e. The highest BCUT2D eigenvalue weighted by Gasteiger charge is 2.18. The summed E-state index contributed by atoms with van der Waals surface area (Å²) in [6.07, 6.45) is 12.5. The molecule has 0 atom stereocenters. The molecule has 2 aliphatic carbocycles. The van der Waals surface area contributed by atoms with E-state index in [1.54, 1.807) is 0 Å². The Morgan fingerprint density at radius 1 is 0.763 bits per heavy atom. The molecule has 3 N–H and O–H groups in total. The minimum atomic E-state index is -0.103. The largest absolute Gasteiger partial charge is 0.494 e. The lowest BCUT2D eigenvalue weighted by Gasteiger charge is -2.26. The van der Waals surface area contributed by atoms with Crippen LogP contribution in [0, 0.1) is 0 Å². The molecule has 206 valence electrons. The van der Waals surface area contributed by atoms with Crippen molar-refractivity contribution >= 4 is 11.1 Å². The van der Waals surface area contributed by atoms with E-state index >= 15 is 0 Å². The first-order valence-electron chi connectivity index (χ1n) is 14.6. The van der Waals surface area contributed by atoms with Crippen LogP contribution in [0.3, 0.4) is 0 Å². The number of nitrogens with one attached hydrogen (secondary N) is 2. The fourth-order valence-electron chi connectivity index (χ4n) is 5.54. The Labute approximate surface area is 226 Å². The van der Waals surface area contributed by atoms with Gasteiger partial charge in [-0.1, -0.05) is 19.3 Å². The number of hydrogen-bond donors (Lipinski definition) is 3. The molecule has 0 radical (unpaired) electrons. The molecule has 38 heavy (non-hydrogen) atoms. The number of hydrogen-bond acceptors (Lipinski definition) is 7. The first-order chi connectivity index (χ1) is 18.7. The van der Waals surface area contributed by atoms with E-state index in [0.717, 1.165) is 79.8 Å². The van der Waals surface area contributed by atoms with Crippen LogP contribution in [0.1, 0.15) is 70.6 Å². The van der Waals surface area contributed by atoms with Crippen LogP contribution in [0.4, 0.5) is 0 Å². The fourth-order valence-corrected chi connectivity index (χ4v) is 5.54. The zero-order valence-corrected chi connectivity index (χ0v) is 22.5. The van der Waals surface area contributed by atoms with Gasteiger partial charge in [-0.15, -0.1) is 0 Å². The van der Waals surface area contributed by atoms with Crippen molar-refractivity contribution in [3.05, 3.63) is 42.5 Å². The summed E-state index contributed by atoms with van der Waals surface area (Å²) in [5.41, 5.74) is 2.48. The van der Waals surface area contributed by atoms with Crippen LogP contribution in [0.15, 0.2) is 46.9 Å². The van der Waals surface area contributed by atoms with Gasteiger partial charge in [-0.2, -0.15) is 0 Å². The van der Waals surface area contributed by atoms with Crippen LogP contribution in [0.5, 0.6) is 11.5 Å². The second-order valence-electron chi connectivity index (χ2n) is 10.8. The first kappa shape index (κ1) is 27.0. The summed E-state index contributed by atoms with van der Waals surface area (Å²) in [6, 6.07) is 15.0. The lowest BCUT2D eigenvalue weighted by molar-refractivity contribution is 0.116. The van der Waals surface area contributed by atoms with E-state index in [0.29, 0.717) is 31.2 Å². The third-order valence-electron chi connectivity index (χ3n) is 7.81. The highest BCUT2D eigenvalue weighted by Crippen LogP contribution is 2.28. The minimum absolute atomic E-state index is 0.103. The average molecular weight is 522 g/mol. The van der Waals surface area contributed by atoms with E-state index in [4.69, 9.17) is 13.9 Å². The van der Waals surface area contributed by atoms with Crippen molar-refractivity contribution in [3.63, 3.8) is 0 Å². The van der Waals surface area contributed by atoms with E-state index in [9.17, 15) is 5.11 Å². The van der Waals surface area contributed by atoms with Gasteiger partial charge in [-0.25, -0.2) is 4.98 Å². The quantitative estimate of drug-likeness (QED) is 0.243. The first-order valence-corrected chi connectivity index (χ1v) is 14.6. The van der Waals surface area contributed by atoms with Gasteiger partial charge in [-0.3, -0.25) is 0 Å². The molecule has 0 bridgehead atoms. The zero-order chi connectivity index (χ0) is 26.0. The molecule has 2 aromatic carbocycles. The predicted molar refractivity (Wildman–Crippen MR) is 151 cm³/mol. The van der Waals surface area contributed by atoms with Crippen molar-refractivity contribution in [1.29, 1.82) is 0 Å². The molecule has 0 spiro atoms. The molecule has 5 rings (SSSR count). The maximum atomic E-state index is 9.61. The topological polar surface area (TPSA) is 88.8 Å². The summed E-state index contributed by atoms with van der Waals surface area (Å²) < 4.78 is 17.9. The molecule has 0 aliphatic heterocycles. The maximum absolute atomic E-state index is 9.61. The van der Waals surface area contributed by atoms with Gasteiger partial charge in [-0.05, 0) is 101 Å². The standard InChI is InChI=1S/C31H43N3O4/c35-26-12-10-25(11-13-26)33-19-4-20-36-27-14-8-23(9-15-27)31-34-29-17-16-28(22-30(29)38-31)37-21-5-18-32-24-6-2-1-3-7-24/h8-9,14-17,22,24-26,32-33,35H,1-7,10-13,18-21H2. The second kappa shape index (κ2) is 14.0. The Balaban J connectivity index is 1.03. The van der Waals surface area contributed by atoms with Gasteiger partial charge >= 0.3 is 0 Å². The van der Waals surface area contributed by atoms with E-state index in [1.165, 1.54) is 32.1 Å². The zero-order valence-electron chi connectivity index (χ0n) is 22.5. The van der Waals surface area contributed by atoms with Crippen molar-refractivity contribution in [2.24, 2.45) is 0 Å². The summed E-state index contributed by atoms with van der Waals surface area (Å²) in [6.45, 7) is 3.30. The molecule has 3 aromatic rings. The molecule has 0 unspecified atom stereocenters. The molecule has 0 saturated heterocycles. The van der Waals surface area contributed by atoms with Crippen LogP contribution in [-0.4, -0.2) is 54.6 Å². The minimum Gasteiger partial charge on any atom is -0.494 e.